The number of anilines is 1. The van der Waals surface area contributed by atoms with E-state index < -0.39 is 0 Å². The van der Waals surface area contributed by atoms with Crippen LogP contribution in [0.25, 0.3) is 0 Å². The van der Waals surface area contributed by atoms with E-state index in [9.17, 15) is 0 Å². The quantitative estimate of drug-likeness (QED) is 0.770. The van der Waals surface area contributed by atoms with Crippen LogP contribution in [0, 0.1) is 11.3 Å². The molecule has 2 N–H and O–H groups in total. The second-order valence-electron chi connectivity index (χ2n) is 3.82. The molecule has 1 atom stereocenters. The zero-order valence-corrected chi connectivity index (χ0v) is 9.98. The molecule has 0 saturated carbocycles. The number of nitrogen functional groups attached to an aromatic ring is 1. The van der Waals surface area contributed by atoms with Crippen LogP contribution in [-0.4, -0.2) is 17.5 Å². The first-order valence-electron chi connectivity index (χ1n) is 5.69. The van der Waals surface area contributed by atoms with Gasteiger partial charge in [0.05, 0.1) is 12.1 Å². The molecule has 0 aromatic heterocycles. The lowest BCUT2D eigenvalue weighted by molar-refractivity contribution is 0.233. The Kier molecular flexibility index (Phi) is 4.81. The minimum Gasteiger partial charge on any atom is -0.398 e. The molecule has 16 heavy (non-hydrogen) atoms. The van der Waals surface area contributed by atoms with Crippen molar-refractivity contribution in [2.75, 3.05) is 12.3 Å². The lowest BCUT2D eigenvalue weighted by atomic mass is 10.1. The summed E-state index contributed by atoms with van der Waals surface area (Å²) in [5.41, 5.74) is 7.79. The Morgan fingerprint density at radius 2 is 2.06 bits per heavy atom. The maximum Gasteiger partial charge on any atom is 0.0978 e. The number of para-hydroxylation sites is 1. The van der Waals surface area contributed by atoms with Crippen molar-refractivity contribution in [2.45, 2.75) is 32.9 Å². The summed E-state index contributed by atoms with van der Waals surface area (Å²) in [5.74, 6) is 0. The molecule has 1 unspecified atom stereocenters. The highest BCUT2D eigenvalue weighted by molar-refractivity contribution is 5.46. The molecule has 0 fully saturated rings. The number of nitriles is 1. The summed E-state index contributed by atoms with van der Waals surface area (Å²) in [4.78, 5) is 2.14. The van der Waals surface area contributed by atoms with E-state index in [0.717, 1.165) is 30.8 Å². The fourth-order valence-electron chi connectivity index (χ4n) is 1.77. The molecule has 0 spiro atoms. The molecule has 86 valence electrons. The van der Waals surface area contributed by atoms with Crippen molar-refractivity contribution in [3.8, 4) is 6.07 Å². The summed E-state index contributed by atoms with van der Waals surface area (Å²) < 4.78 is 0. The summed E-state index contributed by atoms with van der Waals surface area (Å²) >= 11 is 0. The van der Waals surface area contributed by atoms with Gasteiger partial charge in [0.25, 0.3) is 0 Å². The van der Waals surface area contributed by atoms with Crippen molar-refractivity contribution in [3.63, 3.8) is 0 Å². The molecule has 0 bridgehead atoms. The lowest BCUT2D eigenvalue weighted by Crippen LogP contribution is -2.33. The van der Waals surface area contributed by atoms with Crippen molar-refractivity contribution in [2.24, 2.45) is 0 Å². The van der Waals surface area contributed by atoms with Crippen molar-refractivity contribution in [3.05, 3.63) is 29.8 Å². The summed E-state index contributed by atoms with van der Waals surface area (Å²) in [6, 6.07) is 10.1. The topological polar surface area (TPSA) is 53.0 Å². The van der Waals surface area contributed by atoms with Gasteiger partial charge in [-0.05, 0) is 24.6 Å². The third-order valence-corrected chi connectivity index (χ3v) is 2.81. The van der Waals surface area contributed by atoms with E-state index in [1.165, 1.54) is 0 Å². The molecule has 3 heteroatoms. The summed E-state index contributed by atoms with van der Waals surface area (Å²) in [6.45, 7) is 5.71. The molecular formula is C13H19N3. The monoisotopic (exact) mass is 217 g/mol. The molecule has 0 radical (unpaired) electrons. The van der Waals surface area contributed by atoms with E-state index in [1.54, 1.807) is 0 Å². The van der Waals surface area contributed by atoms with Gasteiger partial charge in [-0.25, -0.2) is 0 Å². The Balaban J connectivity index is 2.78. The molecule has 0 aliphatic rings. The van der Waals surface area contributed by atoms with Gasteiger partial charge < -0.3 is 5.73 Å². The van der Waals surface area contributed by atoms with E-state index in [1.807, 2.05) is 31.2 Å². The highest BCUT2D eigenvalue weighted by Gasteiger charge is 2.15. The first-order valence-corrected chi connectivity index (χ1v) is 5.69. The fourth-order valence-corrected chi connectivity index (χ4v) is 1.77. The Hall–Kier alpha value is -1.53. The molecule has 0 saturated heterocycles. The number of hydrogen-bond acceptors (Lipinski definition) is 3. The Morgan fingerprint density at radius 3 is 2.56 bits per heavy atom. The van der Waals surface area contributed by atoms with E-state index >= 15 is 0 Å². The Labute approximate surface area is 97.5 Å². The minimum atomic E-state index is -0.0235. The number of benzene rings is 1. The van der Waals surface area contributed by atoms with Gasteiger partial charge in [0.2, 0.25) is 0 Å². The van der Waals surface area contributed by atoms with Crippen LogP contribution in [0.2, 0.25) is 0 Å². The van der Waals surface area contributed by atoms with Crippen LogP contribution < -0.4 is 5.73 Å². The minimum absolute atomic E-state index is 0.0235. The van der Waals surface area contributed by atoms with Crippen LogP contribution >= 0.6 is 0 Å². The lowest BCUT2D eigenvalue weighted by Gasteiger charge is -2.25. The zero-order chi connectivity index (χ0) is 12.0. The summed E-state index contributed by atoms with van der Waals surface area (Å²) in [7, 11) is 0. The van der Waals surface area contributed by atoms with Gasteiger partial charge in [0.1, 0.15) is 0 Å². The van der Waals surface area contributed by atoms with Gasteiger partial charge in [-0.1, -0.05) is 32.0 Å². The Bertz CT molecular complexity index is 368. The number of rotatable bonds is 5. The van der Waals surface area contributed by atoms with Gasteiger partial charge in [-0.15, -0.1) is 0 Å². The molecule has 3 nitrogen and oxygen atoms in total. The van der Waals surface area contributed by atoms with E-state index in [0.29, 0.717) is 0 Å². The van der Waals surface area contributed by atoms with Gasteiger partial charge in [0, 0.05) is 12.2 Å². The van der Waals surface area contributed by atoms with Crippen molar-refractivity contribution < 1.29 is 0 Å². The number of nitrogens with two attached hydrogens (primary N) is 1. The van der Waals surface area contributed by atoms with Crippen molar-refractivity contribution in [1.29, 1.82) is 5.26 Å². The maximum absolute atomic E-state index is 9.05. The van der Waals surface area contributed by atoms with Gasteiger partial charge >= 0.3 is 0 Å². The first kappa shape index (κ1) is 12.5. The summed E-state index contributed by atoms with van der Waals surface area (Å²) in [5, 5.41) is 9.05. The predicted molar refractivity (Wildman–Crippen MR) is 66.6 cm³/mol. The number of hydrogen-bond donors (Lipinski definition) is 1. The molecule has 0 heterocycles. The van der Waals surface area contributed by atoms with Crippen LogP contribution in [0.4, 0.5) is 5.69 Å². The van der Waals surface area contributed by atoms with Crippen molar-refractivity contribution in [1.82, 2.24) is 4.90 Å². The second-order valence-corrected chi connectivity index (χ2v) is 3.82. The van der Waals surface area contributed by atoms with Gasteiger partial charge in [0.15, 0.2) is 0 Å². The Morgan fingerprint density at radius 1 is 1.38 bits per heavy atom. The molecular weight excluding hydrogens is 198 g/mol. The van der Waals surface area contributed by atoms with Gasteiger partial charge in [-0.2, -0.15) is 5.26 Å². The molecule has 0 aliphatic heterocycles. The van der Waals surface area contributed by atoms with E-state index in [2.05, 4.69) is 17.9 Å². The van der Waals surface area contributed by atoms with Crippen LogP contribution in [-0.2, 0) is 6.54 Å². The average Bonchev–Trinajstić information content (AvgIpc) is 2.31. The van der Waals surface area contributed by atoms with Crippen LogP contribution in [0.15, 0.2) is 24.3 Å². The smallest absolute Gasteiger partial charge is 0.0978 e. The number of nitrogens with zero attached hydrogens (tertiary/aromatic N) is 2. The van der Waals surface area contributed by atoms with Crippen LogP contribution in [0.3, 0.4) is 0 Å². The van der Waals surface area contributed by atoms with Crippen molar-refractivity contribution >= 4 is 5.69 Å². The maximum atomic E-state index is 9.05. The van der Waals surface area contributed by atoms with Crippen LogP contribution in [0.5, 0.6) is 0 Å². The van der Waals surface area contributed by atoms with Crippen LogP contribution in [0.1, 0.15) is 25.8 Å². The molecule has 0 amide bonds. The molecule has 1 aromatic carbocycles. The largest absolute Gasteiger partial charge is 0.398 e. The fraction of sp³-hybridized carbons (Fsp3) is 0.462. The second kappa shape index (κ2) is 6.14. The summed E-state index contributed by atoms with van der Waals surface area (Å²) in [6.07, 6.45) is 0.844. The first-order chi connectivity index (χ1) is 7.72. The SMILES string of the molecule is CCC(C#N)N(CC)Cc1ccccc1N. The average molecular weight is 217 g/mol. The standard InChI is InChI=1S/C13H19N3/c1-3-12(9-14)16(4-2)10-11-7-5-6-8-13(11)15/h5-8,12H,3-4,10,15H2,1-2H3. The zero-order valence-electron chi connectivity index (χ0n) is 9.98. The molecule has 1 rings (SSSR count). The molecule has 1 aromatic rings. The highest BCUT2D eigenvalue weighted by Crippen LogP contribution is 2.15. The predicted octanol–water partition coefficient (Wildman–Crippen LogP) is 2.39. The highest BCUT2D eigenvalue weighted by atomic mass is 15.1. The third-order valence-electron chi connectivity index (χ3n) is 2.81. The van der Waals surface area contributed by atoms with E-state index in [4.69, 9.17) is 11.0 Å². The van der Waals surface area contributed by atoms with E-state index in [-0.39, 0.29) is 6.04 Å². The normalized spacial score (nSPS) is 12.4. The molecule has 0 aliphatic carbocycles. The third kappa shape index (κ3) is 2.98. The van der Waals surface area contributed by atoms with Gasteiger partial charge in [-0.3, -0.25) is 4.90 Å².